The Morgan fingerprint density at radius 3 is 2.35 bits per heavy atom. The Bertz CT molecular complexity index is 532. The van der Waals surface area contributed by atoms with Crippen molar-refractivity contribution in [2.75, 3.05) is 21.3 Å². The van der Waals surface area contributed by atoms with Crippen molar-refractivity contribution in [2.45, 2.75) is 6.54 Å². The third-order valence-electron chi connectivity index (χ3n) is 2.53. The molecule has 106 valence electrons. The molecule has 1 aromatic carbocycles. The Morgan fingerprint density at radius 2 is 1.80 bits per heavy atom. The van der Waals surface area contributed by atoms with E-state index in [-0.39, 0.29) is 5.57 Å². The van der Waals surface area contributed by atoms with Gasteiger partial charge in [0.1, 0.15) is 12.6 Å². The molecular formula is C15H18NO4+. The van der Waals surface area contributed by atoms with Gasteiger partial charge in [-0.25, -0.2) is 14.2 Å². The molecule has 0 fully saturated rings. The normalized spacial score (nSPS) is 11.9. The van der Waals surface area contributed by atoms with Crippen molar-refractivity contribution in [1.82, 2.24) is 0 Å². The number of hydrogen-bond acceptors (Lipinski definition) is 4. The molecule has 0 saturated heterocycles. The van der Waals surface area contributed by atoms with Gasteiger partial charge in [0.15, 0.2) is 12.8 Å². The van der Waals surface area contributed by atoms with Crippen molar-refractivity contribution in [3.63, 3.8) is 0 Å². The summed E-state index contributed by atoms with van der Waals surface area (Å²) in [6.45, 7) is 0.607. The highest BCUT2D eigenvalue weighted by atomic mass is 16.5. The summed E-state index contributed by atoms with van der Waals surface area (Å²) in [7, 11) is 4.32. The number of hydrogen-bond donors (Lipinski definition) is 0. The lowest BCUT2D eigenvalue weighted by Gasteiger charge is -2.01. The van der Waals surface area contributed by atoms with Gasteiger partial charge in [0, 0.05) is 11.6 Å². The number of nitrogens with zero attached hydrogens (tertiary/aromatic N) is 1. The second kappa shape index (κ2) is 7.89. The van der Waals surface area contributed by atoms with Crippen LogP contribution in [0, 0.1) is 0 Å². The topological polar surface area (TPSA) is 55.6 Å². The highest BCUT2D eigenvalue weighted by Gasteiger charge is 2.14. The molecule has 0 heterocycles. The van der Waals surface area contributed by atoms with E-state index in [4.69, 9.17) is 0 Å². The molecule has 1 aromatic rings. The summed E-state index contributed by atoms with van der Waals surface area (Å²) in [6, 6.07) is 9.77. The number of esters is 2. The summed E-state index contributed by atoms with van der Waals surface area (Å²) >= 11 is 0. The molecule has 0 saturated carbocycles. The quantitative estimate of drug-likeness (QED) is 0.351. The molecule has 0 bridgehead atoms. The fourth-order valence-electron chi connectivity index (χ4n) is 1.61. The minimum atomic E-state index is -0.602. The van der Waals surface area contributed by atoms with Crippen LogP contribution >= 0.6 is 0 Å². The van der Waals surface area contributed by atoms with E-state index in [1.807, 2.05) is 30.3 Å². The van der Waals surface area contributed by atoms with Crippen molar-refractivity contribution in [3.05, 3.63) is 47.5 Å². The van der Waals surface area contributed by atoms with E-state index in [1.165, 1.54) is 14.2 Å². The van der Waals surface area contributed by atoms with Crippen LogP contribution in [-0.2, 0) is 25.6 Å². The van der Waals surface area contributed by atoms with Crippen LogP contribution in [0.2, 0.25) is 0 Å². The fraction of sp³-hybridized carbons (Fsp3) is 0.267. The van der Waals surface area contributed by atoms with Gasteiger partial charge in [-0.1, -0.05) is 30.3 Å². The van der Waals surface area contributed by atoms with E-state index in [0.717, 1.165) is 11.6 Å². The summed E-state index contributed by atoms with van der Waals surface area (Å²) < 4.78 is 10.9. The maximum absolute atomic E-state index is 11.6. The molecule has 0 radical (unpaired) electrons. The monoisotopic (exact) mass is 276 g/mol. The molecule has 0 N–H and O–H groups in total. The van der Waals surface area contributed by atoms with Crippen molar-refractivity contribution >= 4 is 18.2 Å². The van der Waals surface area contributed by atoms with Gasteiger partial charge in [0.05, 0.1) is 14.2 Å². The van der Waals surface area contributed by atoms with Crippen LogP contribution in [0.5, 0.6) is 0 Å². The first-order valence-corrected chi connectivity index (χ1v) is 6.03. The SMILES string of the molecule is COC(=O)/C=C(/C=[N+](C)Cc1ccccc1)C(=O)OC. The Balaban J connectivity index is 2.92. The summed E-state index contributed by atoms with van der Waals surface area (Å²) in [5, 5.41) is 0. The average Bonchev–Trinajstić information content (AvgIpc) is 2.46. The molecule has 0 aliphatic carbocycles. The van der Waals surface area contributed by atoms with Crippen LogP contribution in [0.1, 0.15) is 5.56 Å². The van der Waals surface area contributed by atoms with Crippen LogP contribution in [-0.4, -0.2) is 44.0 Å². The van der Waals surface area contributed by atoms with E-state index in [0.29, 0.717) is 6.54 Å². The van der Waals surface area contributed by atoms with Gasteiger partial charge in [0.25, 0.3) is 0 Å². The van der Waals surface area contributed by atoms with Gasteiger partial charge in [-0.2, -0.15) is 0 Å². The molecule has 5 nitrogen and oxygen atoms in total. The lowest BCUT2D eigenvalue weighted by atomic mass is 10.2. The maximum Gasteiger partial charge on any atom is 0.344 e. The predicted octanol–water partition coefficient (Wildman–Crippen LogP) is 1.17. The van der Waals surface area contributed by atoms with Crippen LogP contribution in [0.3, 0.4) is 0 Å². The number of ether oxygens (including phenoxy) is 2. The lowest BCUT2D eigenvalue weighted by Crippen LogP contribution is -2.16. The molecule has 1 rings (SSSR count). The molecular weight excluding hydrogens is 258 g/mol. The Morgan fingerprint density at radius 1 is 1.15 bits per heavy atom. The van der Waals surface area contributed by atoms with Crippen molar-refractivity contribution in [2.24, 2.45) is 0 Å². The summed E-state index contributed by atoms with van der Waals surface area (Å²) in [5.74, 6) is -1.19. The third kappa shape index (κ3) is 5.06. The van der Waals surface area contributed by atoms with Gasteiger partial charge in [-0.15, -0.1) is 0 Å². The number of benzene rings is 1. The number of carbonyl (C=O) groups is 2. The van der Waals surface area contributed by atoms with Gasteiger partial charge < -0.3 is 9.47 Å². The first-order chi connectivity index (χ1) is 9.56. The molecule has 20 heavy (non-hydrogen) atoms. The zero-order valence-corrected chi connectivity index (χ0v) is 11.8. The average molecular weight is 276 g/mol. The van der Waals surface area contributed by atoms with E-state index in [2.05, 4.69) is 9.47 Å². The Hall–Kier alpha value is -2.43. The van der Waals surface area contributed by atoms with Crippen LogP contribution in [0.4, 0.5) is 0 Å². The highest BCUT2D eigenvalue weighted by molar-refractivity contribution is 6.11. The summed E-state index contributed by atoms with van der Waals surface area (Å²) in [6.07, 6.45) is 2.66. The molecule has 0 amide bonds. The number of methoxy groups -OCH3 is 2. The lowest BCUT2D eigenvalue weighted by molar-refractivity contribution is -0.508. The van der Waals surface area contributed by atoms with E-state index in [9.17, 15) is 9.59 Å². The third-order valence-corrected chi connectivity index (χ3v) is 2.53. The first kappa shape index (κ1) is 15.6. The maximum atomic E-state index is 11.6. The smallest absolute Gasteiger partial charge is 0.344 e. The molecule has 0 aromatic heterocycles. The Labute approximate surface area is 118 Å². The van der Waals surface area contributed by atoms with E-state index in [1.54, 1.807) is 17.8 Å². The standard InChI is InChI=1S/C15H18NO4/c1-16(10-12-7-5-4-6-8-12)11-13(15(18)20-3)9-14(17)19-2/h4-9,11H,10H2,1-3H3/q+1/b13-9-,16-11?. The molecule has 0 aliphatic rings. The summed E-state index contributed by atoms with van der Waals surface area (Å²) in [4.78, 5) is 22.8. The van der Waals surface area contributed by atoms with Gasteiger partial charge in [-0.3, -0.25) is 0 Å². The second-order valence-corrected chi connectivity index (χ2v) is 4.14. The largest absolute Gasteiger partial charge is 0.466 e. The first-order valence-electron chi connectivity index (χ1n) is 6.03. The van der Waals surface area contributed by atoms with E-state index < -0.39 is 11.9 Å². The zero-order valence-electron chi connectivity index (χ0n) is 11.8. The zero-order chi connectivity index (χ0) is 15.0. The molecule has 0 unspecified atom stereocenters. The van der Waals surface area contributed by atoms with Crippen LogP contribution in [0.15, 0.2) is 42.0 Å². The van der Waals surface area contributed by atoms with Crippen LogP contribution in [0.25, 0.3) is 0 Å². The van der Waals surface area contributed by atoms with Gasteiger partial charge >= 0.3 is 11.9 Å². The van der Waals surface area contributed by atoms with Gasteiger partial charge in [-0.05, 0) is 0 Å². The van der Waals surface area contributed by atoms with Crippen molar-refractivity contribution in [3.8, 4) is 0 Å². The molecule has 0 aliphatic heterocycles. The fourth-order valence-corrected chi connectivity index (χ4v) is 1.61. The Kier molecular flexibility index (Phi) is 6.16. The molecule has 0 spiro atoms. The minimum Gasteiger partial charge on any atom is -0.466 e. The van der Waals surface area contributed by atoms with Gasteiger partial charge in [0.2, 0.25) is 0 Å². The molecule has 5 heteroatoms. The summed E-state index contributed by atoms with van der Waals surface area (Å²) in [5.41, 5.74) is 1.23. The highest BCUT2D eigenvalue weighted by Crippen LogP contribution is 2.01. The van der Waals surface area contributed by atoms with Crippen LogP contribution < -0.4 is 0 Å². The second-order valence-electron chi connectivity index (χ2n) is 4.14. The van der Waals surface area contributed by atoms with Crippen molar-refractivity contribution < 1.29 is 23.6 Å². The molecule has 0 atom stereocenters. The number of rotatable bonds is 5. The predicted molar refractivity (Wildman–Crippen MR) is 74.5 cm³/mol. The number of carbonyl (C=O) groups excluding carboxylic acids is 2. The van der Waals surface area contributed by atoms with E-state index >= 15 is 0 Å². The minimum absolute atomic E-state index is 0.137. The van der Waals surface area contributed by atoms with Crippen molar-refractivity contribution in [1.29, 1.82) is 0 Å².